The Kier molecular flexibility index (Phi) is 7.99. The zero-order valence-corrected chi connectivity index (χ0v) is 17.6. The number of hydrogen-bond acceptors (Lipinski definition) is 4. The molecule has 1 unspecified atom stereocenters. The minimum Gasteiger partial charge on any atom is -0.350 e. The van der Waals surface area contributed by atoms with Crippen LogP contribution >= 0.6 is 0 Å². The SMILES string of the molecule is CNC(CCc1ccccc1)C(=O)N1CCC[C@H]1C(=O)NCc1ccc(CN)cc1. The van der Waals surface area contributed by atoms with Gasteiger partial charge < -0.3 is 21.3 Å². The van der Waals surface area contributed by atoms with Crippen molar-refractivity contribution in [2.75, 3.05) is 13.6 Å². The molecule has 4 N–H and O–H groups in total. The molecule has 1 saturated heterocycles. The third-order valence-electron chi connectivity index (χ3n) is 5.78. The van der Waals surface area contributed by atoms with Crippen molar-refractivity contribution in [3.05, 3.63) is 71.3 Å². The molecule has 2 amide bonds. The fraction of sp³-hybridized carbons (Fsp3) is 0.417. The van der Waals surface area contributed by atoms with Gasteiger partial charge in [0.1, 0.15) is 6.04 Å². The van der Waals surface area contributed by atoms with E-state index >= 15 is 0 Å². The quantitative estimate of drug-likeness (QED) is 0.592. The van der Waals surface area contributed by atoms with E-state index in [1.165, 1.54) is 5.56 Å². The van der Waals surface area contributed by atoms with Crippen LogP contribution in [-0.4, -0.2) is 42.4 Å². The van der Waals surface area contributed by atoms with Gasteiger partial charge in [0, 0.05) is 19.6 Å². The molecule has 0 aliphatic carbocycles. The summed E-state index contributed by atoms with van der Waals surface area (Å²) in [5, 5.41) is 6.14. The van der Waals surface area contributed by atoms with Gasteiger partial charge in [-0.15, -0.1) is 0 Å². The molecular weight excluding hydrogens is 376 g/mol. The van der Waals surface area contributed by atoms with Crippen LogP contribution in [0, 0.1) is 0 Å². The van der Waals surface area contributed by atoms with Gasteiger partial charge in [-0.2, -0.15) is 0 Å². The lowest BCUT2D eigenvalue weighted by molar-refractivity contribution is -0.140. The van der Waals surface area contributed by atoms with Crippen molar-refractivity contribution in [1.82, 2.24) is 15.5 Å². The Labute approximate surface area is 178 Å². The standard InChI is InChI=1S/C24H32N4O2/c1-26-21(14-13-18-6-3-2-4-7-18)24(30)28-15-5-8-22(28)23(29)27-17-20-11-9-19(16-25)10-12-20/h2-4,6-7,9-12,21-22,26H,5,8,13-17,25H2,1H3,(H,27,29)/t21?,22-/m0/s1. The molecule has 6 nitrogen and oxygen atoms in total. The highest BCUT2D eigenvalue weighted by atomic mass is 16.2. The summed E-state index contributed by atoms with van der Waals surface area (Å²) in [4.78, 5) is 27.7. The van der Waals surface area contributed by atoms with Crippen LogP contribution in [0.15, 0.2) is 54.6 Å². The van der Waals surface area contributed by atoms with E-state index in [0.29, 0.717) is 32.5 Å². The average Bonchev–Trinajstić information content (AvgIpc) is 3.29. The molecular formula is C24H32N4O2. The molecule has 1 aliphatic heterocycles. The monoisotopic (exact) mass is 408 g/mol. The van der Waals surface area contributed by atoms with E-state index in [9.17, 15) is 9.59 Å². The Hall–Kier alpha value is -2.70. The number of carbonyl (C=O) groups is 2. The molecule has 160 valence electrons. The molecule has 1 fully saturated rings. The van der Waals surface area contributed by atoms with Crippen LogP contribution < -0.4 is 16.4 Å². The van der Waals surface area contributed by atoms with Gasteiger partial charge in [-0.25, -0.2) is 0 Å². The number of carbonyl (C=O) groups excluding carboxylic acids is 2. The van der Waals surface area contributed by atoms with Crippen molar-refractivity contribution in [3.63, 3.8) is 0 Å². The third-order valence-corrected chi connectivity index (χ3v) is 5.78. The van der Waals surface area contributed by atoms with Crippen LogP contribution in [0.2, 0.25) is 0 Å². The zero-order chi connectivity index (χ0) is 21.3. The summed E-state index contributed by atoms with van der Waals surface area (Å²) in [6, 6.07) is 17.4. The Balaban J connectivity index is 1.55. The van der Waals surface area contributed by atoms with E-state index in [0.717, 1.165) is 24.0 Å². The summed E-state index contributed by atoms with van der Waals surface area (Å²) in [6.07, 6.45) is 3.09. The number of rotatable bonds is 9. The van der Waals surface area contributed by atoms with Crippen molar-refractivity contribution < 1.29 is 9.59 Å². The predicted octanol–water partition coefficient (Wildman–Crippen LogP) is 1.97. The number of amides is 2. The molecule has 0 bridgehead atoms. The van der Waals surface area contributed by atoms with Gasteiger partial charge in [0.05, 0.1) is 6.04 Å². The van der Waals surface area contributed by atoms with Gasteiger partial charge in [0.25, 0.3) is 0 Å². The molecule has 0 saturated carbocycles. The topological polar surface area (TPSA) is 87.5 Å². The molecule has 2 aromatic carbocycles. The van der Waals surface area contributed by atoms with Gasteiger partial charge in [0.15, 0.2) is 0 Å². The highest BCUT2D eigenvalue weighted by Crippen LogP contribution is 2.20. The highest BCUT2D eigenvalue weighted by molar-refractivity contribution is 5.90. The number of hydrogen-bond donors (Lipinski definition) is 3. The largest absolute Gasteiger partial charge is 0.350 e. The van der Waals surface area contributed by atoms with E-state index in [-0.39, 0.29) is 17.9 Å². The number of nitrogens with two attached hydrogens (primary N) is 1. The first-order chi connectivity index (χ1) is 14.6. The number of nitrogens with zero attached hydrogens (tertiary/aromatic N) is 1. The summed E-state index contributed by atoms with van der Waals surface area (Å²) >= 11 is 0. The first-order valence-electron chi connectivity index (χ1n) is 10.7. The van der Waals surface area contributed by atoms with Crippen molar-refractivity contribution >= 4 is 11.8 Å². The van der Waals surface area contributed by atoms with Crippen LogP contribution in [0.5, 0.6) is 0 Å². The van der Waals surface area contributed by atoms with Crippen molar-refractivity contribution in [3.8, 4) is 0 Å². The van der Waals surface area contributed by atoms with E-state index in [1.54, 1.807) is 4.90 Å². The van der Waals surface area contributed by atoms with Gasteiger partial charge in [-0.1, -0.05) is 54.6 Å². The second-order valence-corrected chi connectivity index (χ2v) is 7.79. The number of benzene rings is 2. The number of nitrogens with one attached hydrogen (secondary N) is 2. The molecule has 6 heteroatoms. The van der Waals surface area contributed by atoms with Gasteiger partial charge in [-0.05, 0) is 49.4 Å². The second kappa shape index (κ2) is 10.9. The number of likely N-dealkylation sites (N-methyl/N-ethyl adjacent to an activating group) is 1. The fourth-order valence-electron chi connectivity index (χ4n) is 3.95. The summed E-state index contributed by atoms with van der Waals surface area (Å²) in [5.74, 6) is -0.0694. The first kappa shape index (κ1) is 22.0. The van der Waals surface area contributed by atoms with E-state index < -0.39 is 6.04 Å². The molecule has 1 heterocycles. The normalized spacial score (nSPS) is 17.0. The Morgan fingerprint density at radius 2 is 1.77 bits per heavy atom. The average molecular weight is 409 g/mol. The van der Waals surface area contributed by atoms with Gasteiger partial charge in [-0.3, -0.25) is 9.59 Å². The van der Waals surface area contributed by atoms with Gasteiger partial charge >= 0.3 is 0 Å². The molecule has 0 radical (unpaired) electrons. The first-order valence-corrected chi connectivity index (χ1v) is 10.7. The third kappa shape index (κ3) is 5.68. The van der Waals surface area contributed by atoms with Crippen LogP contribution in [-0.2, 0) is 29.1 Å². The summed E-state index contributed by atoms with van der Waals surface area (Å²) in [5.41, 5.74) is 8.92. The van der Waals surface area contributed by atoms with Crippen LogP contribution in [0.4, 0.5) is 0 Å². The Bertz CT molecular complexity index is 823. The fourth-order valence-corrected chi connectivity index (χ4v) is 3.95. The maximum absolute atomic E-state index is 13.1. The minimum atomic E-state index is -0.395. The lowest BCUT2D eigenvalue weighted by atomic mass is 10.0. The molecule has 0 aromatic heterocycles. The molecule has 1 aliphatic rings. The van der Waals surface area contributed by atoms with Crippen LogP contribution in [0.3, 0.4) is 0 Å². The van der Waals surface area contributed by atoms with Crippen molar-refractivity contribution in [2.24, 2.45) is 5.73 Å². The van der Waals surface area contributed by atoms with E-state index in [1.807, 2.05) is 49.5 Å². The maximum Gasteiger partial charge on any atom is 0.243 e. The summed E-state index contributed by atoms with van der Waals surface area (Å²) < 4.78 is 0. The molecule has 3 rings (SSSR count). The smallest absolute Gasteiger partial charge is 0.243 e. The van der Waals surface area contributed by atoms with Crippen molar-refractivity contribution in [2.45, 2.75) is 50.9 Å². The second-order valence-electron chi connectivity index (χ2n) is 7.79. The number of aryl methyl sites for hydroxylation is 1. The summed E-state index contributed by atoms with van der Waals surface area (Å²) in [6.45, 7) is 1.58. The minimum absolute atomic E-state index is 0.0124. The Morgan fingerprint density at radius 1 is 1.07 bits per heavy atom. The number of likely N-dealkylation sites (tertiary alicyclic amines) is 1. The van der Waals surface area contributed by atoms with Crippen molar-refractivity contribution in [1.29, 1.82) is 0 Å². The molecule has 2 atom stereocenters. The molecule has 2 aromatic rings. The lowest BCUT2D eigenvalue weighted by Crippen LogP contribution is -2.51. The highest BCUT2D eigenvalue weighted by Gasteiger charge is 2.36. The maximum atomic E-state index is 13.1. The lowest BCUT2D eigenvalue weighted by Gasteiger charge is -2.28. The summed E-state index contributed by atoms with van der Waals surface area (Å²) in [7, 11) is 1.81. The van der Waals surface area contributed by atoms with Crippen LogP contribution in [0.1, 0.15) is 36.0 Å². The van der Waals surface area contributed by atoms with E-state index in [4.69, 9.17) is 5.73 Å². The molecule has 30 heavy (non-hydrogen) atoms. The van der Waals surface area contributed by atoms with Crippen LogP contribution in [0.25, 0.3) is 0 Å². The molecule has 0 spiro atoms. The predicted molar refractivity (Wildman–Crippen MR) is 119 cm³/mol. The Morgan fingerprint density at radius 3 is 2.43 bits per heavy atom. The van der Waals surface area contributed by atoms with Gasteiger partial charge in [0.2, 0.25) is 11.8 Å². The zero-order valence-electron chi connectivity index (χ0n) is 17.6. The van der Waals surface area contributed by atoms with E-state index in [2.05, 4.69) is 22.8 Å².